The van der Waals surface area contributed by atoms with E-state index in [4.69, 9.17) is 14.1 Å². The molecule has 1 amide bonds. The number of aryl methyl sites for hydroxylation is 2. The van der Waals surface area contributed by atoms with Gasteiger partial charge in [0, 0.05) is 49.0 Å². The first-order valence-electron chi connectivity index (χ1n) is 11.8. The van der Waals surface area contributed by atoms with Gasteiger partial charge in [-0.1, -0.05) is 29.8 Å². The summed E-state index contributed by atoms with van der Waals surface area (Å²) in [5, 5.41) is 3.97. The molecule has 1 aliphatic heterocycles. The first-order chi connectivity index (χ1) is 17.4. The Balaban J connectivity index is 1.30. The van der Waals surface area contributed by atoms with E-state index in [1.165, 1.54) is 12.7 Å². The van der Waals surface area contributed by atoms with Gasteiger partial charge in [0.15, 0.2) is 11.3 Å². The molecule has 1 fully saturated rings. The average Bonchev–Trinajstić information content (AvgIpc) is 2.88. The van der Waals surface area contributed by atoms with Gasteiger partial charge in [-0.15, -0.1) is 0 Å². The van der Waals surface area contributed by atoms with Gasteiger partial charge in [0.1, 0.15) is 11.4 Å². The number of hydrogen-bond donors (Lipinski definition) is 1. The minimum atomic E-state index is -0.673. The highest BCUT2D eigenvalue weighted by molar-refractivity contribution is 5.97. The van der Waals surface area contributed by atoms with E-state index in [-0.39, 0.29) is 11.5 Å². The Bertz CT molecular complexity index is 1470. The lowest BCUT2D eigenvalue weighted by Gasteiger charge is -2.34. The maximum absolute atomic E-state index is 13.2. The monoisotopic (exact) mass is 485 g/mol. The number of nitrogens with zero attached hydrogens (tertiary/aromatic N) is 4. The Labute approximate surface area is 208 Å². The minimum Gasteiger partial charge on any atom is -0.493 e. The first-order valence-corrected chi connectivity index (χ1v) is 11.8. The number of methoxy groups -OCH3 is 1. The molecule has 3 heterocycles. The summed E-state index contributed by atoms with van der Waals surface area (Å²) in [7, 11) is 1.51. The van der Waals surface area contributed by atoms with Crippen molar-refractivity contribution in [2.45, 2.75) is 13.8 Å². The van der Waals surface area contributed by atoms with Crippen LogP contribution >= 0.6 is 0 Å². The van der Waals surface area contributed by atoms with Crippen LogP contribution in [0.1, 0.15) is 21.6 Å². The number of nitrogens with one attached hydrogen (secondary N) is 1. The molecule has 0 radical (unpaired) electrons. The van der Waals surface area contributed by atoms with Crippen LogP contribution in [0.5, 0.6) is 5.75 Å². The maximum atomic E-state index is 13.2. The summed E-state index contributed by atoms with van der Waals surface area (Å²) >= 11 is 0. The number of fused-ring (bicyclic) bond motifs is 1. The fraction of sp³-hybridized carbons (Fsp3) is 0.259. The quantitative estimate of drug-likeness (QED) is 0.425. The molecule has 2 aromatic carbocycles. The summed E-state index contributed by atoms with van der Waals surface area (Å²) in [6, 6.07) is 16.9. The number of hydrogen-bond acceptors (Lipinski definition) is 8. The number of carbonyl (C=O) groups excluding carboxylic acids is 1. The van der Waals surface area contributed by atoms with Gasteiger partial charge in [-0.2, -0.15) is 4.98 Å². The van der Waals surface area contributed by atoms with E-state index in [2.05, 4.69) is 10.3 Å². The zero-order valence-electron chi connectivity index (χ0n) is 20.4. The van der Waals surface area contributed by atoms with Crippen LogP contribution in [0.25, 0.3) is 11.0 Å². The van der Waals surface area contributed by atoms with Crippen LogP contribution in [0.15, 0.2) is 63.8 Å². The van der Waals surface area contributed by atoms with Gasteiger partial charge >= 0.3 is 5.63 Å². The lowest BCUT2D eigenvalue weighted by molar-refractivity contribution is 0.0742. The van der Waals surface area contributed by atoms with Crippen LogP contribution in [-0.4, -0.2) is 54.1 Å². The highest BCUT2D eigenvalue weighted by Crippen LogP contribution is 2.25. The van der Waals surface area contributed by atoms with E-state index >= 15 is 0 Å². The Morgan fingerprint density at radius 2 is 1.75 bits per heavy atom. The number of carbonyl (C=O) groups is 1. The molecule has 9 nitrogen and oxygen atoms in total. The topological polar surface area (TPSA) is 101 Å². The van der Waals surface area contributed by atoms with Gasteiger partial charge in [0.25, 0.3) is 5.91 Å². The second kappa shape index (κ2) is 9.69. The molecule has 36 heavy (non-hydrogen) atoms. The molecule has 1 saturated heterocycles. The normalized spacial score (nSPS) is 13.6. The van der Waals surface area contributed by atoms with Crippen molar-refractivity contribution < 1.29 is 13.9 Å². The van der Waals surface area contributed by atoms with Gasteiger partial charge in [0.2, 0.25) is 5.95 Å². The maximum Gasteiger partial charge on any atom is 0.349 e. The molecule has 1 N–H and O–H groups in total. The van der Waals surface area contributed by atoms with E-state index in [0.29, 0.717) is 54.7 Å². The fourth-order valence-electron chi connectivity index (χ4n) is 4.25. The summed E-state index contributed by atoms with van der Waals surface area (Å²) in [6.07, 6.45) is 0. The third kappa shape index (κ3) is 4.72. The Kier molecular flexibility index (Phi) is 6.28. The molecule has 0 aliphatic carbocycles. The molecule has 1 aliphatic rings. The van der Waals surface area contributed by atoms with E-state index in [1.54, 1.807) is 29.2 Å². The molecule has 0 atom stereocenters. The summed E-state index contributed by atoms with van der Waals surface area (Å²) in [6.45, 7) is 5.95. The lowest BCUT2D eigenvalue weighted by atomic mass is 10.1. The predicted molar refractivity (Wildman–Crippen MR) is 138 cm³/mol. The number of benzene rings is 2. The van der Waals surface area contributed by atoms with Crippen LogP contribution in [-0.2, 0) is 0 Å². The summed E-state index contributed by atoms with van der Waals surface area (Å²) in [5.41, 5.74) is 2.66. The minimum absolute atomic E-state index is 0.0144. The van der Waals surface area contributed by atoms with Gasteiger partial charge in [0.05, 0.1) is 7.11 Å². The number of para-hydroxylation sites is 1. The molecule has 0 bridgehead atoms. The molecule has 4 aromatic rings. The van der Waals surface area contributed by atoms with Gasteiger partial charge in [-0.3, -0.25) is 4.79 Å². The SMILES string of the molecule is COc1cccc2cc(C(=O)N3CCN(c4nc(C)cc(Nc5ccc(C)cc5)n4)CC3)c(=O)oc12. The number of amides is 1. The third-order valence-corrected chi connectivity index (χ3v) is 6.19. The van der Waals surface area contributed by atoms with Crippen LogP contribution in [0.3, 0.4) is 0 Å². The number of aromatic nitrogens is 2. The Morgan fingerprint density at radius 3 is 2.47 bits per heavy atom. The van der Waals surface area contributed by atoms with E-state index < -0.39 is 5.63 Å². The van der Waals surface area contributed by atoms with Crippen molar-refractivity contribution in [3.63, 3.8) is 0 Å². The van der Waals surface area contributed by atoms with Crippen molar-refractivity contribution in [3.8, 4) is 5.75 Å². The molecule has 2 aromatic heterocycles. The van der Waals surface area contributed by atoms with E-state index in [1.807, 2.05) is 49.1 Å². The number of rotatable bonds is 5. The second-order valence-corrected chi connectivity index (χ2v) is 8.79. The zero-order chi connectivity index (χ0) is 25.2. The van der Waals surface area contributed by atoms with Crippen molar-refractivity contribution >= 4 is 34.3 Å². The second-order valence-electron chi connectivity index (χ2n) is 8.79. The molecule has 0 unspecified atom stereocenters. The smallest absolute Gasteiger partial charge is 0.349 e. The number of piperazine rings is 1. The summed E-state index contributed by atoms with van der Waals surface area (Å²) in [5.74, 6) is 1.42. The Morgan fingerprint density at radius 1 is 1.00 bits per heavy atom. The molecular formula is C27H27N5O4. The van der Waals surface area contributed by atoms with Crippen molar-refractivity contribution in [3.05, 3.63) is 81.8 Å². The van der Waals surface area contributed by atoms with Crippen molar-refractivity contribution in [2.75, 3.05) is 43.5 Å². The van der Waals surface area contributed by atoms with Gasteiger partial charge < -0.3 is 24.3 Å². The molecular weight excluding hydrogens is 458 g/mol. The number of anilines is 3. The highest BCUT2D eigenvalue weighted by atomic mass is 16.5. The van der Waals surface area contributed by atoms with E-state index in [0.717, 1.165) is 11.4 Å². The van der Waals surface area contributed by atoms with Crippen molar-refractivity contribution in [1.29, 1.82) is 0 Å². The van der Waals surface area contributed by atoms with Crippen LogP contribution in [0.4, 0.5) is 17.5 Å². The molecule has 5 rings (SSSR count). The first kappa shape index (κ1) is 23.3. The van der Waals surface area contributed by atoms with Gasteiger partial charge in [-0.05, 0) is 38.1 Å². The summed E-state index contributed by atoms with van der Waals surface area (Å²) < 4.78 is 10.7. The van der Waals surface area contributed by atoms with E-state index in [9.17, 15) is 9.59 Å². The third-order valence-electron chi connectivity index (χ3n) is 6.19. The lowest BCUT2D eigenvalue weighted by Crippen LogP contribution is -2.50. The molecule has 0 saturated carbocycles. The van der Waals surface area contributed by atoms with Crippen molar-refractivity contribution in [1.82, 2.24) is 14.9 Å². The Hall–Kier alpha value is -4.40. The fourth-order valence-corrected chi connectivity index (χ4v) is 4.25. The van der Waals surface area contributed by atoms with Crippen LogP contribution in [0, 0.1) is 13.8 Å². The predicted octanol–water partition coefficient (Wildman–Crippen LogP) is 3.91. The number of ether oxygens (including phenoxy) is 1. The largest absolute Gasteiger partial charge is 0.493 e. The average molecular weight is 486 g/mol. The molecule has 184 valence electrons. The van der Waals surface area contributed by atoms with Crippen LogP contribution in [0.2, 0.25) is 0 Å². The van der Waals surface area contributed by atoms with Crippen LogP contribution < -0.4 is 20.6 Å². The summed E-state index contributed by atoms with van der Waals surface area (Å²) in [4.78, 5) is 38.8. The highest BCUT2D eigenvalue weighted by Gasteiger charge is 2.26. The standard InChI is InChI=1S/C27H27N5O4/c1-17-7-9-20(10-8-17)29-23-15-18(2)28-27(30-23)32-13-11-31(12-14-32)25(33)21-16-19-5-4-6-22(35-3)24(19)36-26(21)34/h4-10,15-16H,11-14H2,1-3H3,(H,28,29,30). The molecule has 0 spiro atoms. The molecule has 9 heteroatoms. The van der Waals surface area contributed by atoms with Crippen molar-refractivity contribution in [2.24, 2.45) is 0 Å². The van der Waals surface area contributed by atoms with Gasteiger partial charge in [-0.25, -0.2) is 9.78 Å². The zero-order valence-corrected chi connectivity index (χ0v) is 20.4.